The van der Waals surface area contributed by atoms with Gasteiger partial charge in [0.2, 0.25) is 8.13 Å². The van der Waals surface area contributed by atoms with Crippen molar-refractivity contribution in [3.05, 3.63) is 0 Å². The maximum atomic E-state index is 6.30. The third-order valence-corrected chi connectivity index (χ3v) is 5.11. The van der Waals surface area contributed by atoms with Crippen molar-refractivity contribution in [1.82, 2.24) is 9.91 Å². The number of alkyl halides is 5. The van der Waals surface area contributed by atoms with Gasteiger partial charge in [0.25, 0.3) is 0 Å². The third kappa shape index (κ3) is 3.06. The number of nitrogens with zero attached hydrogens (tertiary/aromatic N) is 3. The molecule has 0 bridgehead atoms. The van der Waals surface area contributed by atoms with Gasteiger partial charge in [0.1, 0.15) is 6.34 Å². The zero-order valence-corrected chi connectivity index (χ0v) is 14.3. The number of hydrazone groups is 1. The van der Waals surface area contributed by atoms with Gasteiger partial charge in [0, 0.05) is 12.1 Å². The molecule has 0 saturated carbocycles. The van der Waals surface area contributed by atoms with Crippen molar-refractivity contribution in [1.29, 1.82) is 0 Å². The molecule has 1 unspecified atom stereocenters. The van der Waals surface area contributed by atoms with Crippen molar-refractivity contribution in [2.45, 2.75) is 54.1 Å². The molecule has 1 rings (SSSR count). The fourth-order valence-electron chi connectivity index (χ4n) is 1.71. The van der Waals surface area contributed by atoms with E-state index >= 15 is 0 Å². The molecular formula is C10H16Cl5N3. The monoisotopic (exact) mass is 353 g/mol. The summed E-state index contributed by atoms with van der Waals surface area (Å²) in [5, 5.41) is 6.03. The lowest BCUT2D eigenvalue weighted by atomic mass is 10.2. The Balaban J connectivity index is 3.14. The second-order valence-corrected chi connectivity index (χ2v) is 8.41. The molecule has 1 aliphatic rings. The highest BCUT2D eigenvalue weighted by molar-refractivity contribution is 6.75. The van der Waals surface area contributed by atoms with Crippen LogP contribution in [0.1, 0.15) is 27.7 Å². The smallest absolute Gasteiger partial charge is 0.227 e. The van der Waals surface area contributed by atoms with Crippen LogP contribution in [0.5, 0.6) is 0 Å². The van der Waals surface area contributed by atoms with Crippen LogP contribution in [0.25, 0.3) is 0 Å². The fourth-order valence-corrected chi connectivity index (χ4v) is 2.43. The van der Waals surface area contributed by atoms with Crippen LogP contribution in [0, 0.1) is 0 Å². The topological polar surface area (TPSA) is 18.8 Å². The highest BCUT2D eigenvalue weighted by atomic mass is 35.6. The molecule has 0 aromatic heterocycles. The molecule has 0 aliphatic carbocycles. The molecule has 1 heterocycles. The molecule has 0 N–H and O–H groups in total. The molecule has 3 nitrogen and oxygen atoms in total. The van der Waals surface area contributed by atoms with Gasteiger partial charge in [-0.3, -0.25) is 5.01 Å². The van der Waals surface area contributed by atoms with Gasteiger partial charge in [-0.1, -0.05) is 58.0 Å². The van der Waals surface area contributed by atoms with Gasteiger partial charge in [-0.25, -0.2) is 0 Å². The van der Waals surface area contributed by atoms with Gasteiger partial charge in [-0.2, -0.15) is 5.10 Å². The van der Waals surface area contributed by atoms with Gasteiger partial charge in [0.15, 0.2) is 6.17 Å². The zero-order chi connectivity index (χ0) is 14.3. The predicted molar refractivity (Wildman–Crippen MR) is 81.0 cm³/mol. The molecule has 0 spiro atoms. The summed E-state index contributed by atoms with van der Waals surface area (Å²) in [6.07, 6.45) is 1.14. The van der Waals surface area contributed by atoms with Crippen molar-refractivity contribution in [2.75, 3.05) is 0 Å². The Labute approximate surface area is 133 Å². The lowest BCUT2D eigenvalue weighted by Gasteiger charge is -2.44. The molecule has 0 aromatic rings. The Kier molecular flexibility index (Phi) is 5.23. The summed E-state index contributed by atoms with van der Waals surface area (Å²) < 4.78 is -3.43. The summed E-state index contributed by atoms with van der Waals surface area (Å²) >= 11 is 30.3. The first-order valence-corrected chi connectivity index (χ1v) is 7.43. The molecular weight excluding hydrogens is 339 g/mol. The average Bonchev–Trinajstić information content (AvgIpc) is 2.59. The maximum absolute atomic E-state index is 6.30. The average molecular weight is 356 g/mol. The van der Waals surface area contributed by atoms with Gasteiger partial charge >= 0.3 is 0 Å². The van der Waals surface area contributed by atoms with Crippen molar-refractivity contribution in [3.8, 4) is 0 Å². The van der Waals surface area contributed by atoms with Crippen molar-refractivity contribution >= 4 is 64.3 Å². The van der Waals surface area contributed by atoms with Crippen molar-refractivity contribution in [3.63, 3.8) is 0 Å². The quantitative estimate of drug-likeness (QED) is 0.706. The van der Waals surface area contributed by atoms with Crippen LogP contribution in [-0.2, 0) is 0 Å². The zero-order valence-electron chi connectivity index (χ0n) is 10.5. The first kappa shape index (κ1) is 16.8. The Morgan fingerprint density at radius 1 is 1.00 bits per heavy atom. The molecule has 0 fully saturated rings. The highest BCUT2D eigenvalue weighted by Gasteiger charge is 2.58. The number of rotatable bonds is 3. The Bertz CT molecular complexity index is 306. The van der Waals surface area contributed by atoms with Gasteiger partial charge < -0.3 is 4.90 Å². The van der Waals surface area contributed by atoms with Crippen molar-refractivity contribution in [2.24, 2.45) is 5.10 Å². The van der Waals surface area contributed by atoms with Crippen LogP contribution in [-0.4, -0.2) is 42.6 Å². The van der Waals surface area contributed by atoms with E-state index in [1.807, 2.05) is 32.6 Å². The van der Waals surface area contributed by atoms with E-state index in [4.69, 9.17) is 58.0 Å². The van der Waals surface area contributed by atoms with Crippen LogP contribution in [0.4, 0.5) is 0 Å². The maximum Gasteiger partial charge on any atom is 0.227 e. The van der Waals surface area contributed by atoms with Crippen LogP contribution in [0.2, 0.25) is 0 Å². The van der Waals surface area contributed by atoms with Crippen LogP contribution in [0.15, 0.2) is 5.10 Å². The predicted octanol–water partition coefficient (Wildman–Crippen LogP) is 4.23. The number of hydrogen-bond donors (Lipinski definition) is 0. The summed E-state index contributed by atoms with van der Waals surface area (Å²) in [4.78, 5) is 1.88. The minimum Gasteiger partial charge on any atom is -0.334 e. The minimum absolute atomic E-state index is 0.0826. The van der Waals surface area contributed by atoms with Crippen LogP contribution in [0.3, 0.4) is 0 Å². The summed E-state index contributed by atoms with van der Waals surface area (Å²) in [5.74, 6) is 0. The van der Waals surface area contributed by atoms with Gasteiger partial charge in [-0.15, -0.1) is 0 Å². The first-order valence-electron chi connectivity index (χ1n) is 5.54. The van der Waals surface area contributed by atoms with Gasteiger partial charge in [-0.05, 0) is 27.7 Å². The van der Waals surface area contributed by atoms with E-state index in [1.54, 1.807) is 11.3 Å². The molecule has 1 atom stereocenters. The first-order chi connectivity index (χ1) is 8.00. The molecule has 0 amide bonds. The summed E-state index contributed by atoms with van der Waals surface area (Å²) in [6.45, 7) is 7.92. The summed E-state index contributed by atoms with van der Waals surface area (Å²) in [6, 6.07) is 0.214. The molecule has 1 aliphatic heterocycles. The highest BCUT2D eigenvalue weighted by Crippen LogP contribution is 2.51. The van der Waals surface area contributed by atoms with Crippen molar-refractivity contribution < 1.29 is 0 Å². The second-order valence-electron chi connectivity index (χ2n) is 4.74. The van der Waals surface area contributed by atoms with Crippen LogP contribution >= 0.6 is 58.0 Å². The third-order valence-electron chi connectivity index (χ3n) is 2.68. The molecule has 8 heteroatoms. The normalized spacial score (nSPS) is 21.6. The largest absolute Gasteiger partial charge is 0.334 e. The Morgan fingerprint density at radius 3 is 1.83 bits per heavy atom. The van der Waals surface area contributed by atoms with E-state index in [9.17, 15) is 0 Å². The van der Waals surface area contributed by atoms with Gasteiger partial charge in [0.05, 0.1) is 0 Å². The summed E-state index contributed by atoms with van der Waals surface area (Å²) in [5.41, 5.74) is 0. The standard InChI is InChI=1S/C10H16Cl5N3/c1-6(2)17-5-16-18(7(3)4)8(17)9(11,12)10(13,14)15/h5-8H,1-4H3. The van der Waals surface area contributed by atoms with E-state index in [2.05, 4.69) is 5.10 Å². The van der Waals surface area contributed by atoms with E-state index in [1.165, 1.54) is 0 Å². The molecule has 18 heavy (non-hydrogen) atoms. The number of hydrogen-bond acceptors (Lipinski definition) is 3. The lowest BCUT2D eigenvalue weighted by Crippen LogP contribution is -2.59. The molecule has 0 radical (unpaired) electrons. The van der Waals surface area contributed by atoms with Crippen LogP contribution < -0.4 is 0 Å². The SMILES string of the molecule is CC(C)N1C=NN(C(C)C)C1C(Cl)(Cl)C(Cl)(Cl)Cl. The summed E-state index contributed by atoms with van der Waals surface area (Å²) in [7, 11) is 0. The van der Waals surface area contributed by atoms with E-state index in [0.717, 1.165) is 0 Å². The minimum atomic E-state index is -1.82. The molecule has 106 valence electrons. The Hall–Kier alpha value is 0.720. The molecule has 0 aromatic carbocycles. The Morgan fingerprint density at radius 2 is 1.50 bits per heavy atom. The second kappa shape index (κ2) is 5.61. The number of halogens is 5. The fraction of sp³-hybridized carbons (Fsp3) is 0.900. The van der Waals surface area contributed by atoms with E-state index in [0.29, 0.717) is 0 Å². The molecule has 0 saturated heterocycles. The van der Waals surface area contributed by atoms with E-state index < -0.39 is 14.3 Å². The van der Waals surface area contributed by atoms with E-state index in [-0.39, 0.29) is 12.1 Å². The lowest BCUT2D eigenvalue weighted by molar-refractivity contribution is 0.0721.